The first kappa shape index (κ1) is 13.3. The zero-order valence-electron chi connectivity index (χ0n) is 11.6. The molecule has 0 aliphatic heterocycles. The third-order valence-corrected chi connectivity index (χ3v) is 2.63. The quantitative estimate of drug-likeness (QED) is 0.830. The van der Waals surface area contributed by atoms with Gasteiger partial charge in [0.15, 0.2) is 0 Å². The topological polar surface area (TPSA) is 67.7 Å². The lowest BCUT2D eigenvalue weighted by atomic mass is 10.3. The molecule has 0 fully saturated rings. The number of hydrogen-bond donors (Lipinski definition) is 2. The second kappa shape index (κ2) is 6.17. The van der Waals surface area contributed by atoms with Gasteiger partial charge in [0.05, 0.1) is 6.33 Å². The van der Waals surface area contributed by atoms with Crippen molar-refractivity contribution in [2.75, 3.05) is 17.2 Å². The van der Waals surface area contributed by atoms with E-state index in [2.05, 4.69) is 32.5 Å². The molecule has 0 saturated heterocycles. The van der Waals surface area contributed by atoms with E-state index in [1.807, 2.05) is 37.0 Å². The monoisotopic (exact) mass is 260 g/mol. The van der Waals surface area contributed by atoms with Gasteiger partial charge in [-0.05, 0) is 20.8 Å². The molecule has 1 atom stereocenters. The molecule has 0 aromatic carbocycles. The van der Waals surface area contributed by atoms with Gasteiger partial charge in [-0.3, -0.25) is 0 Å². The van der Waals surface area contributed by atoms with Gasteiger partial charge in [-0.25, -0.2) is 15.0 Å². The van der Waals surface area contributed by atoms with Gasteiger partial charge in [0.25, 0.3) is 0 Å². The fraction of sp³-hybridized carbons (Fsp3) is 0.462. The number of aromatic nitrogens is 4. The number of anilines is 2. The number of nitrogens with zero attached hydrogens (tertiary/aromatic N) is 4. The second-order valence-corrected chi connectivity index (χ2v) is 4.52. The van der Waals surface area contributed by atoms with E-state index < -0.39 is 0 Å². The second-order valence-electron chi connectivity index (χ2n) is 4.52. The summed E-state index contributed by atoms with van der Waals surface area (Å²) in [7, 11) is 0. The predicted molar refractivity (Wildman–Crippen MR) is 76.2 cm³/mol. The summed E-state index contributed by atoms with van der Waals surface area (Å²) in [6.07, 6.45) is 5.55. The highest BCUT2D eigenvalue weighted by Crippen LogP contribution is 2.12. The van der Waals surface area contributed by atoms with Crippen LogP contribution in [0.1, 0.15) is 19.7 Å². The zero-order valence-corrected chi connectivity index (χ0v) is 11.6. The van der Waals surface area contributed by atoms with E-state index >= 15 is 0 Å². The van der Waals surface area contributed by atoms with Crippen molar-refractivity contribution >= 4 is 11.6 Å². The van der Waals surface area contributed by atoms with Crippen LogP contribution in [0.5, 0.6) is 0 Å². The minimum absolute atomic E-state index is 0.262. The fourth-order valence-corrected chi connectivity index (χ4v) is 1.92. The normalized spacial score (nSPS) is 12.2. The molecular weight excluding hydrogens is 240 g/mol. The van der Waals surface area contributed by atoms with Crippen LogP contribution in [-0.4, -0.2) is 32.1 Å². The van der Waals surface area contributed by atoms with Crippen LogP contribution in [-0.2, 0) is 6.54 Å². The van der Waals surface area contributed by atoms with Crippen LogP contribution >= 0.6 is 0 Å². The van der Waals surface area contributed by atoms with Gasteiger partial charge in [0, 0.05) is 37.6 Å². The van der Waals surface area contributed by atoms with Crippen LogP contribution in [0.25, 0.3) is 0 Å². The Morgan fingerprint density at radius 3 is 2.79 bits per heavy atom. The third-order valence-electron chi connectivity index (χ3n) is 2.63. The Bertz CT molecular complexity index is 508. The summed E-state index contributed by atoms with van der Waals surface area (Å²) in [6, 6.07) is 2.19. The number of aryl methyl sites for hydroxylation is 1. The number of imidazole rings is 1. The molecule has 1 unspecified atom stereocenters. The van der Waals surface area contributed by atoms with Crippen molar-refractivity contribution in [1.29, 1.82) is 0 Å². The summed E-state index contributed by atoms with van der Waals surface area (Å²) >= 11 is 0. The van der Waals surface area contributed by atoms with Crippen molar-refractivity contribution in [2.45, 2.75) is 33.4 Å². The van der Waals surface area contributed by atoms with Crippen LogP contribution in [0.4, 0.5) is 11.6 Å². The molecule has 0 aliphatic rings. The first-order chi connectivity index (χ1) is 9.17. The van der Waals surface area contributed by atoms with Gasteiger partial charge in [-0.2, -0.15) is 0 Å². The highest BCUT2D eigenvalue weighted by Gasteiger charge is 2.06. The third kappa shape index (κ3) is 3.94. The van der Waals surface area contributed by atoms with Crippen molar-refractivity contribution in [3.05, 3.63) is 30.6 Å². The van der Waals surface area contributed by atoms with Gasteiger partial charge < -0.3 is 15.2 Å². The van der Waals surface area contributed by atoms with Crippen LogP contribution in [0, 0.1) is 6.92 Å². The molecule has 0 saturated carbocycles. The molecule has 0 aliphatic carbocycles. The zero-order chi connectivity index (χ0) is 13.7. The highest BCUT2D eigenvalue weighted by atomic mass is 15.1. The van der Waals surface area contributed by atoms with Crippen molar-refractivity contribution in [1.82, 2.24) is 19.5 Å². The van der Waals surface area contributed by atoms with Gasteiger partial charge in [0.1, 0.15) is 17.5 Å². The summed E-state index contributed by atoms with van der Waals surface area (Å²) in [6.45, 7) is 7.75. The molecule has 2 heterocycles. The van der Waals surface area contributed by atoms with Gasteiger partial charge >= 0.3 is 0 Å². The van der Waals surface area contributed by atoms with Crippen molar-refractivity contribution < 1.29 is 0 Å². The molecule has 19 heavy (non-hydrogen) atoms. The number of rotatable bonds is 6. The maximum absolute atomic E-state index is 4.40. The van der Waals surface area contributed by atoms with Crippen molar-refractivity contribution in [3.63, 3.8) is 0 Å². The lowest BCUT2D eigenvalue weighted by Gasteiger charge is -2.16. The number of hydrogen-bond acceptors (Lipinski definition) is 5. The molecule has 6 heteroatoms. The lowest BCUT2D eigenvalue weighted by Crippen LogP contribution is -2.22. The fourth-order valence-electron chi connectivity index (χ4n) is 1.92. The van der Waals surface area contributed by atoms with Crippen molar-refractivity contribution in [2.24, 2.45) is 0 Å². The molecule has 2 aromatic rings. The SMILES string of the molecule is CCNc1cc(NC(C)Cn2ccnc2)nc(C)n1. The molecule has 2 aromatic heterocycles. The minimum Gasteiger partial charge on any atom is -0.370 e. The van der Waals surface area contributed by atoms with E-state index in [9.17, 15) is 0 Å². The Morgan fingerprint density at radius 2 is 2.11 bits per heavy atom. The smallest absolute Gasteiger partial charge is 0.132 e. The Hall–Kier alpha value is -2.11. The Labute approximate surface area is 113 Å². The summed E-state index contributed by atoms with van der Waals surface area (Å²) in [4.78, 5) is 12.8. The molecule has 2 rings (SSSR count). The molecule has 0 radical (unpaired) electrons. The lowest BCUT2D eigenvalue weighted by molar-refractivity contribution is 0.616. The van der Waals surface area contributed by atoms with Gasteiger partial charge in [0.2, 0.25) is 0 Å². The number of nitrogens with one attached hydrogen (secondary N) is 2. The average Bonchev–Trinajstić information content (AvgIpc) is 2.81. The maximum atomic E-state index is 4.40. The summed E-state index contributed by atoms with van der Waals surface area (Å²) in [5.41, 5.74) is 0. The molecule has 6 nitrogen and oxygen atoms in total. The molecule has 0 amide bonds. The van der Waals surface area contributed by atoms with E-state index in [1.54, 1.807) is 6.20 Å². The average molecular weight is 260 g/mol. The van der Waals surface area contributed by atoms with Crippen LogP contribution in [0.2, 0.25) is 0 Å². The molecule has 2 N–H and O–H groups in total. The van der Waals surface area contributed by atoms with Crippen LogP contribution in [0.15, 0.2) is 24.8 Å². The van der Waals surface area contributed by atoms with E-state index in [0.717, 1.165) is 30.5 Å². The predicted octanol–water partition coefficient (Wildman–Crippen LogP) is 1.91. The van der Waals surface area contributed by atoms with E-state index in [-0.39, 0.29) is 6.04 Å². The van der Waals surface area contributed by atoms with Crippen molar-refractivity contribution in [3.8, 4) is 0 Å². The maximum Gasteiger partial charge on any atom is 0.132 e. The summed E-state index contributed by atoms with van der Waals surface area (Å²) in [5, 5.41) is 6.58. The summed E-state index contributed by atoms with van der Waals surface area (Å²) < 4.78 is 2.04. The Morgan fingerprint density at radius 1 is 1.32 bits per heavy atom. The first-order valence-electron chi connectivity index (χ1n) is 6.49. The molecule has 0 bridgehead atoms. The van der Waals surface area contributed by atoms with Crippen LogP contribution in [0.3, 0.4) is 0 Å². The Balaban J connectivity index is 2.01. The van der Waals surface area contributed by atoms with Crippen LogP contribution < -0.4 is 10.6 Å². The molecular formula is C13H20N6. The first-order valence-corrected chi connectivity index (χ1v) is 6.49. The standard InChI is InChI=1S/C13H20N6/c1-4-15-12-7-13(18-11(3)17-12)16-10(2)8-19-6-5-14-9-19/h5-7,9-10H,4,8H2,1-3H3,(H2,15,16,17,18). The minimum atomic E-state index is 0.262. The van der Waals surface area contributed by atoms with E-state index in [1.165, 1.54) is 0 Å². The van der Waals surface area contributed by atoms with E-state index in [0.29, 0.717) is 0 Å². The van der Waals surface area contributed by atoms with Gasteiger partial charge in [-0.1, -0.05) is 0 Å². The summed E-state index contributed by atoms with van der Waals surface area (Å²) in [5.74, 6) is 2.46. The molecule has 0 spiro atoms. The van der Waals surface area contributed by atoms with Gasteiger partial charge in [-0.15, -0.1) is 0 Å². The largest absolute Gasteiger partial charge is 0.370 e. The van der Waals surface area contributed by atoms with E-state index in [4.69, 9.17) is 0 Å². The highest BCUT2D eigenvalue weighted by molar-refractivity contribution is 5.47. The molecule has 102 valence electrons. The Kier molecular flexibility index (Phi) is 4.33.